The van der Waals surface area contributed by atoms with Crippen LogP contribution in [0, 0.1) is 5.82 Å². The number of rotatable bonds is 5. The van der Waals surface area contributed by atoms with Crippen molar-refractivity contribution in [1.29, 1.82) is 0 Å². The maximum Gasteiger partial charge on any atom is 0.141 e. The van der Waals surface area contributed by atoms with Gasteiger partial charge in [-0.1, -0.05) is 41.4 Å². The van der Waals surface area contributed by atoms with E-state index in [1.807, 2.05) is 24.3 Å². The predicted molar refractivity (Wildman–Crippen MR) is 82.9 cm³/mol. The topological polar surface area (TPSA) is 12.0 Å². The Bertz CT molecular complexity index is 569. The Balaban J connectivity index is 1.86. The van der Waals surface area contributed by atoms with E-state index in [1.54, 1.807) is 12.1 Å². The SMILES string of the molecule is CC(Cc1ccc(Cl)cc1)NCc1ccc(F)c(Cl)c1. The van der Waals surface area contributed by atoms with Crippen molar-refractivity contribution in [2.24, 2.45) is 0 Å². The summed E-state index contributed by atoms with van der Waals surface area (Å²) in [6, 6.07) is 12.9. The average Bonchev–Trinajstić information content (AvgIpc) is 2.43. The first-order valence-corrected chi connectivity index (χ1v) is 7.22. The zero-order valence-corrected chi connectivity index (χ0v) is 12.7. The molecule has 0 fully saturated rings. The van der Waals surface area contributed by atoms with Gasteiger partial charge >= 0.3 is 0 Å². The number of halogens is 3. The van der Waals surface area contributed by atoms with Gasteiger partial charge in [0.2, 0.25) is 0 Å². The van der Waals surface area contributed by atoms with Crippen LogP contribution in [0.15, 0.2) is 42.5 Å². The summed E-state index contributed by atoms with van der Waals surface area (Å²) in [7, 11) is 0. The maximum atomic E-state index is 13.1. The Labute approximate surface area is 128 Å². The molecule has 0 aliphatic heterocycles. The highest BCUT2D eigenvalue weighted by atomic mass is 35.5. The third-order valence-corrected chi connectivity index (χ3v) is 3.64. The van der Waals surface area contributed by atoms with E-state index in [4.69, 9.17) is 23.2 Å². The van der Waals surface area contributed by atoms with Crippen LogP contribution in [0.25, 0.3) is 0 Å². The summed E-state index contributed by atoms with van der Waals surface area (Å²) in [5, 5.41) is 4.30. The molecule has 2 aromatic rings. The highest BCUT2D eigenvalue weighted by Crippen LogP contribution is 2.16. The van der Waals surface area contributed by atoms with Crippen LogP contribution in [0.1, 0.15) is 18.1 Å². The fraction of sp³-hybridized carbons (Fsp3) is 0.250. The lowest BCUT2D eigenvalue weighted by Crippen LogP contribution is -2.27. The first-order chi connectivity index (χ1) is 9.54. The van der Waals surface area contributed by atoms with Gasteiger partial charge in [0, 0.05) is 17.6 Å². The van der Waals surface area contributed by atoms with Gasteiger partial charge in [-0.2, -0.15) is 0 Å². The summed E-state index contributed by atoms with van der Waals surface area (Å²) in [5.41, 5.74) is 2.20. The van der Waals surface area contributed by atoms with E-state index < -0.39 is 0 Å². The molecule has 0 heterocycles. The smallest absolute Gasteiger partial charge is 0.141 e. The van der Waals surface area contributed by atoms with Gasteiger partial charge in [-0.25, -0.2) is 4.39 Å². The van der Waals surface area contributed by atoms with E-state index in [9.17, 15) is 4.39 Å². The van der Waals surface area contributed by atoms with Gasteiger partial charge in [-0.15, -0.1) is 0 Å². The van der Waals surface area contributed by atoms with Gasteiger partial charge in [0.1, 0.15) is 5.82 Å². The molecule has 1 N–H and O–H groups in total. The molecule has 0 aliphatic carbocycles. The van der Waals surface area contributed by atoms with Crippen LogP contribution in [0.3, 0.4) is 0 Å². The van der Waals surface area contributed by atoms with Crippen LogP contribution in [-0.2, 0) is 13.0 Å². The first kappa shape index (κ1) is 15.3. The Hall–Kier alpha value is -1.09. The molecule has 0 bridgehead atoms. The minimum Gasteiger partial charge on any atom is -0.310 e. The van der Waals surface area contributed by atoms with Crippen LogP contribution in [0.2, 0.25) is 10.0 Å². The highest BCUT2D eigenvalue weighted by Gasteiger charge is 2.05. The van der Waals surface area contributed by atoms with Gasteiger partial charge < -0.3 is 5.32 Å². The van der Waals surface area contributed by atoms with Crippen molar-refractivity contribution >= 4 is 23.2 Å². The summed E-state index contributed by atoms with van der Waals surface area (Å²) in [6.07, 6.45) is 0.909. The minimum atomic E-state index is -0.385. The molecule has 0 aromatic heterocycles. The summed E-state index contributed by atoms with van der Waals surface area (Å²) in [4.78, 5) is 0. The highest BCUT2D eigenvalue weighted by molar-refractivity contribution is 6.31. The Morgan fingerprint density at radius 3 is 2.35 bits per heavy atom. The zero-order valence-electron chi connectivity index (χ0n) is 11.2. The van der Waals surface area contributed by atoms with Gasteiger partial charge in [-0.3, -0.25) is 0 Å². The van der Waals surface area contributed by atoms with Crippen LogP contribution in [-0.4, -0.2) is 6.04 Å². The van der Waals surface area contributed by atoms with Crippen LogP contribution in [0.4, 0.5) is 4.39 Å². The van der Waals surface area contributed by atoms with Crippen molar-refractivity contribution in [1.82, 2.24) is 5.32 Å². The van der Waals surface area contributed by atoms with E-state index in [-0.39, 0.29) is 10.8 Å². The zero-order chi connectivity index (χ0) is 14.5. The maximum absolute atomic E-state index is 13.1. The molecule has 1 unspecified atom stereocenters. The quantitative estimate of drug-likeness (QED) is 0.832. The molecule has 0 radical (unpaired) electrons. The molecule has 4 heteroatoms. The van der Waals surface area contributed by atoms with Crippen molar-refractivity contribution < 1.29 is 4.39 Å². The van der Waals surface area contributed by atoms with E-state index in [0.717, 1.165) is 17.0 Å². The lowest BCUT2D eigenvalue weighted by atomic mass is 10.1. The van der Waals surface area contributed by atoms with Crippen molar-refractivity contribution in [3.63, 3.8) is 0 Å². The fourth-order valence-electron chi connectivity index (χ4n) is 1.99. The molecule has 20 heavy (non-hydrogen) atoms. The average molecular weight is 312 g/mol. The second-order valence-corrected chi connectivity index (χ2v) is 5.70. The molecule has 0 amide bonds. The Kier molecular flexibility index (Phi) is 5.41. The van der Waals surface area contributed by atoms with E-state index >= 15 is 0 Å². The lowest BCUT2D eigenvalue weighted by Gasteiger charge is -2.14. The van der Waals surface area contributed by atoms with Gasteiger partial charge in [0.15, 0.2) is 0 Å². The second kappa shape index (κ2) is 7.07. The first-order valence-electron chi connectivity index (χ1n) is 6.46. The molecule has 0 saturated heterocycles. The monoisotopic (exact) mass is 311 g/mol. The molecule has 1 nitrogen and oxygen atoms in total. The van der Waals surface area contributed by atoms with Crippen molar-refractivity contribution in [3.05, 3.63) is 69.5 Å². The third kappa shape index (κ3) is 4.48. The van der Waals surface area contributed by atoms with E-state index in [2.05, 4.69) is 12.2 Å². The van der Waals surface area contributed by atoms with Gasteiger partial charge in [0.25, 0.3) is 0 Å². The van der Waals surface area contributed by atoms with Crippen LogP contribution in [0.5, 0.6) is 0 Å². The Morgan fingerprint density at radius 1 is 1.05 bits per heavy atom. The van der Waals surface area contributed by atoms with Crippen molar-refractivity contribution in [2.75, 3.05) is 0 Å². The van der Waals surface area contributed by atoms with Crippen molar-refractivity contribution in [2.45, 2.75) is 25.9 Å². The van der Waals surface area contributed by atoms with Gasteiger partial charge in [0.05, 0.1) is 5.02 Å². The predicted octanol–water partition coefficient (Wildman–Crippen LogP) is 4.85. The Morgan fingerprint density at radius 2 is 1.70 bits per heavy atom. The summed E-state index contributed by atoms with van der Waals surface area (Å²) >= 11 is 11.6. The van der Waals surface area contributed by atoms with Crippen LogP contribution >= 0.6 is 23.2 Å². The number of hydrogen-bond acceptors (Lipinski definition) is 1. The third-order valence-electron chi connectivity index (χ3n) is 3.09. The summed E-state index contributed by atoms with van der Waals surface area (Å²) in [6.45, 7) is 2.77. The molecular formula is C16H16Cl2FN. The molecule has 0 aliphatic rings. The number of nitrogens with one attached hydrogen (secondary N) is 1. The second-order valence-electron chi connectivity index (χ2n) is 4.86. The normalized spacial score (nSPS) is 12.4. The molecule has 106 valence electrons. The summed E-state index contributed by atoms with van der Waals surface area (Å²) in [5.74, 6) is -0.385. The molecule has 1 atom stereocenters. The van der Waals surface area contributed by atoms with E-state index in [1.165, 1.54) is 11.6 Å². The van der Waals surface area contributed by atoms with Crippen LogP contribution < -0.4 is 5.32 Å². The van der Waals surface area contributed by atoms with E-state index in [0.29, 0.717) is 12.6 Å². The lowest BCUT2D eigenvalue weighted by molar-refractivity contribution is 0.544. The van der Waals surface area contributed by atoms with Crippen molar-refractivity contribution in [3.8, 4) is 0 Å². The summed E-state index contributed by atoms with van der Waals surface area (Å²) < 4.78 is 13.1. The molecular weight excluding hydrogens is 296 g/mol. The fourth-order valence-corrected chi connectivity index (χ4v) is 2.32. The number of hydrogen-bond donors (Lipinski definition) is 1. The van der Waals surface area contributed by atoms with Gasteiger partial charge in [-0.05, 0) is 48.7 Å². The standard InChI is InChI=1S/C16H16Cl2FN/c1-11(8-12-2-5-14(17)6-3-12)20-10-13-4-7-16(19)15(18)9-13/h2-7,9,11,20H,8,10H2,1H3. The largest absolute Gasteiger partial charge is 0.310 e. The number of benzene rings is 2. The minimum absolute atomic E-state index is 0.162. The molecule has 0 saturated carbocycles. The molecule has 2 aromatic carbocycles. The molecule has 2 rings (SSSR count). The molecule has 0 spiro atoms.